The molecule has 1 N–H and O–H groups in total. The highest BCUT2D eigenvalue weighted by Gasteiger charge is 2.13. The van der Waals surface area contributed by atoms with Crippen molar-refractivity contribution in [1.29, 1.82) is 5.26 Å². The van der Waals surface area contributed by atoms with Crippen LogP contribution in [-0.4, -0.2) is 42.1 Å². The summed E-state index contributed by atoms with van der Waals surface area (Å²) in [6, 6.07) is 14.9. The number of carbonyl (C=O) groups is 1. The van der Waals surface area contributed by atoms with E-state index in [1.54, 1.807) is 24.3 Å². The van der Waals surface area contributed by atoms with Crippen molar-refractivity contribution in [3.05, 3.63) is 59.2 Å². The van der Waals surface area contributed by atoms with Gasteiger partial charge in [0, 0.05) is 25.2 Å². The van der Waals surface area contributed by atoms with E-state index < -0.39 is 0 Å². The number of nitrogens with one attached hydrogen (secondary N) is 1. The molecule has 1 fully saturated rings. The number of rotatable bonds is 4. The number of aromatic nitrogens is 1. The van der Waals surface area contributed by atoms with Gasteiger partial charge in [-0.15, -0.1) is 0 Å². The van der Waals surface area contributed by atoms with Gasteiger partial charge >= 0.3 is 0 Å². The van der Waals surface area contributed by atoms with Crippen LogP contribution < -0.4 is 5.32 Å². The first-order chi connectivity index (χ1) is 13.2. The number of hydrogen-bond acceptors (Lipinski definition) is 6. The third-order valence-corrected chi connectivity index (χ3v) is 5.37. The number of thiazole rings is 1. The SMILES string of the molecule is N#Cc1cccc(C(=O)Nc2nc3ccc(CN4CCOCC4)cc3s2)c1. The van der Waals surface area contributed by atoms with E-state index in [4.69, 9.17) is 10.00 Å². The van der Waals surface area contributed by atoms with Crippen LogP contribution in [0.5, 0.6) is 0 Å². The molecule has 1 aliphatic rings. The predicted octanol–water partition coefficient (Wildman–Crippen LogP) is 3.25. The third kappa shape index (κ3) is 4.14. The van der Waals surface area contributed by atoms with E-state index in [-0.39, 0.29) is 5.91 Å². The Kier molecular flexibility index (Phi) is 5.12. The summed E-state index contributed by atoms with van der Waals surface area (Å²) in [5.41, 5.74) is 3.00. The number of nitriles is 1. The minimum atomic E-state index is -0.264. The first-order valence-corrected chi connectivity index (χ1v) is 9.54. The van der Waals surface area contributed by atoms with E-state index in [1.807, 2.05) is 12.1 Å². The van der Waals surface area contributed by atoms with E-state index in [9.17, 15) is 4.79 Å². The fraction of sp³-hybridized carbons (Fsp3) is 0.250. The summed E-state index contributed by atoms with van der Waals surface area (Å²) in [4.78, 5) is 19.3. The lowest BCUT2D eigenvalue weighted by Crippen LogP contribution is -2.35. The van der Waals surface area contributed by atoms with Crippen molar-refractivity contribution in [3.8, 4) is 6.07 Å². The largest absolute Gasteiger partial charge is 0.379 e. The van der Waals surface area contributed by atoms with Crippen LogP contribution in [0.25, 0.3) is 10.2 Å². The van der Waals surface area contributed by atoms with Crippen molar-refractivity contribution in [3.63, 3.8) is 0 Å². The average molecular weight is 378 g/mol. The molecule has 4 rings (SSSR count). The fourth-order valence-corrected chi connectivity index (χ4v) is 3.96. The van der Waals surface area contributed by atoms with Gasteiger partial charge in [0.1, 0.15) is 0 Å². The van der Waals surface area contributed by atoms with Crippen LogP contribution in [-0.2, 0) is 11.3 Å². The Labute approximate surface area is 161 Å². The molecule has 1 amide bonds. The highest BCUT2D eigenvalue weighted by atomic mass is 32.1. The normalized spacial score (nSPS) is 14.8. The average Bonchev–Trinajstić information content (AvgIpc) is 3.10. The lowest BCUT2D eigenvalue weighted by Gasteiger charge is -2.26. The Morgan fingerprint density at radius 2 is 2.11 bits per heavy atom. The molecule has 0 bridgehead atoms. The van der Waals surface area contributed by atoms with E-state index in [2.05, 4.69) is 27.3 Å². The fourth-order valence-electron chi connectivity index (χ4n) is 3.04. The van der Waals surface area contributed by atoms with Crippen molar-refractivity contribution in [2.45, 2.75) is 6.54 Å². The second-order valence-corrected chi connectivity index (χ2v) is 7.39. The maximum absolute atomic E-state index is 12.4. The summed E-state index contributed by atoms with van der Waals surface area (Å²) < 4.78 is 6.43. The van der Waals surface area contributed by atoms with Crippen molar-refractivity contribution >= 4 is 32.6 Å². The molecular formula is C20H18N4O2S. The van der Waals surface area contributed by atoms with Crippen molar-refractivity contribution < 1.29 is 9.53 Å². The molecule has 7 heteroatoms. The molecule has 0 spiro atoms. The second-order valence-electron chi connectivity index (χ2n) is 6.36. The summed E-state index contributed by atoms with van der Waals surface area (Å²) >= 11 is 1.46. The highest BCUT2D eigenvalue weighted by Crippen LogP contribution is 2.27. The van der Waals surface area contributed by atoms with Gasteiger partial charge in [-0.2, -0.15) is 5.26 Å². The first-order valence-electron chi connectivity index (χ1n) is 8.72. The number of nitrogens with zero attached hydrogens (tertiary/aromatic N) is 3. The molecule has 136 valence electrons. The Morgan fingerprint density at radius 3 is 2.93 bits per heavy atom. The zero-order valence-corrected chi connectivity index (χ0v) is 15.5. The highest BCUT2D eigenvalue weighted by molar-refractivity contribution is 7.22. The zero-order chi connectivity index (χ0) is 18.6. The van der Waals surface area contributed by atoms with Crippen LogP contribution >= 0.6 is 11.3 Å². The molecule has 0 radical (unpaired) electrons. The van der Waals surface area contributed by atoms with Gasteiger partial charge in [-0.05, 0) is 35.9 Å². The van der Waals surface area contributed by atoms with Gasteiger partial charge in [-0.25, -0.2) is 4.98 Å². The molecule has 2 heterocycles. The smallest absolute Gasteiger partial charge is 0.257 e. The second kappa shape index (κ2) is 7.84. The van der Waals surface area contributed by atoms with Crippen LogP contribution in [0.15, 0.2) is 42.5 Å². The molecule has 3 aromatic rings. The lowest BCUT2D eigenvalue weighted by atomic mass is 10.1. The number of anilines is 1. The molecule has 0 atom stereocenters. The van der Waals surface area contributed by atoms with Gasteiger partial charge in [-0.1, -0.05) is 23.5 Å². The van der Waals surface area contributed by atoms with E-state index >= 15 is 0 Å². The van der Waals surface area contributed by atoms with Crippen molar-refractivity contribution in [1.82, 2.24) is 9.88 Å². The number of morpholine rings is 1. The first kappa shape index (κ1) is 17.6. The number of fused-ring (bicyclic) bond motifs is 1. The third-order valence-electron chi connectivity index (χ3n) is 4.44. The summed E-state index contributed by atoms with van der Waals surface area (Å²) in [6.07, 6.45) is 0. The molecule has 1 saturated heterocycles. The monoisotopic (exact) mass is 378 g/mol. The lowest BCUT2D eigenvalue weighted by molar-refractivity contribution is 0.0342. The molecule has 27 heavy (non-hydrogen) atoms. The number of carbonyl (C=O) groups excluding carboxylic acids is 1. The van der Waals surface area contributed by atoms with Gasteiger partial charge < -0.3 is 4.74 Å². The Bertz CT molecular complexity index is 1020. The molecule has 0 aliphatic carbocycles. The van der Waals surface area contributed by atoms with Gasteiger partial charge in [-0.3, -0.25) is 15.0 Å². The molecule has 1 aromatic heterocycles. The quantitative estimate of drug-likeness (QED) is 0.754. The zero-order valence-electron chi connectivity index (χ0n) is 14.6. The summed E-state index contributed by atoms with van der Waals surface area (Å²) in [6.45, 7) is 4.35. The Hall–Kier alpha value is -2.79. The van der Waals surface area contributed by atoms with Crippen LogP contribution in [0.1, 0.15) is 21.5 Å². The van der Waals surface area contributed by atoms with Gasteiger partial charge in [0.15, 0.2) is 5.13 Å². The van der Waals surface area contributed by atoms with Gasteiger partial charge in [0.25, 0.3) is 5.91 Å². The number of benzene rings is 2. The van der Waals surface area contributed by atoms with Crippen molar-refractivity contribution in [2.24, 2.45) is 0 Å². The molecule has 2 aromatic carbocycles. The van der Waals surface area contributed by atoms with E-state index in [0.29, 0.717) is 16.3 Å². The summed E-state index contributed by atoms with van der Waals surface area (Å²) in [7, 11) is 0. The predicted molar refractivity (Wildman–Crippen MR) is 105 cm³/mol. The standard InChI is InChI=1S/C20H18N4O2S/c21-12-14-2-1-3-16(10-14)19(25)23-20-22-17-5-4-15(11-18(17)27-20)13-24-6-8-26-9-7-24/h1-5,10-11H,6-9,13H2,(H,22,23,25). The Balaban J connectivity index is 1.49. The van der Waals surface area contributed by atoms with Crippen LogP contribution in [0.3, 0.4) is 0 Å². The number of amides is 1. The maximum Gasteiger partial charge on any atom is 0.257 e. The number of hydrogen-bond donors (Lipinski definition) is 1. The minimum absolute atomic E-state index is 0.264. The molecule has 6 nitrogen and oxygen atoms in total. The van der Waals surface area contributed by atoms with Crippen LogP contribution in [0.2, 0.25) is 0 Å². The van der Waals surface area contributed by atoms with Gasteiger partial charge in [0.05, 0.1) is 35.1 Å². The summed E-state index contributed by atoms with van der Waals surface area (Å²) in [5, 5.41) is 12.4. The minimum Gasteiger partial charge on any atom is -0.379 e. The maximum atomic E-state index is 12.4. The van der Waals surface area contributed by atoms with Crippen LogP contribution in [0.4, 0.5) is 5.13 Å². The molecule has 1 aliphatic heterocycles. The topological polar surface area (TPSA) is 78.2 Å². The number of ether oxygens (including phenoxy) is 1. The van der Waals surface area contributed by atoms with Gasteiger partial charge in [0.2, 0.25) is 0 Å². The van der Waals surface area contributed by atoms with E-state index in [0.717, 1.165) is 43.1 Å². The molecule has 0 unspecified atom stereocenters. The summed E-state index contributed by atoms with van der Waals surface area (Å²) in [5.74, 6) is -0.264. The van der Waals surface area contributed by atoms with Crippen LogP contribution in [0, 0.1) is 11.3 Å². The van der Waals surface area contributed by atoms with Crippen molar-refractivity contribution in [2.75, 3.05) is 31.6 Å². The van der Waals surface area contributed by atoms with E-state index in [1.165, 1.54) is 16.9 Å². The molecule has 0 saturated carbocycles. The Morgan fingerprint density at radius 1 is 1.26 bits per heavy atom. The molecular weight excluding hydrogens is 360 g/mol.